The van der Waals surface area contributed by atoms with Crippen LogP contribution in [-0.2, 0) is 0 Å². The summed E-state index contributed by atoms with van der Waals surface area (Å²) in [5.74, 6) is 2.41. The Labute approximate surface area is 88.1 Å². The summed E-state index contributed by atoms with van der Waals surface area (Å²) in [6.45, 7) is 0. The van der Waals surface area contributed by atoms with Crippen LogP contribution in [0.1, 0.15) is 24.6 Å². The number of nitrogen functional groups attached to an aromatic ring is 1. The molecule has 0 atom stereocenters. The predicted molar refractivity (Wildman–Crippen MR) is 57.8 cm³/mol. The third kappa shape index (κ3) is 1.62. The number of nitrogens with zero attached hydrogens (tertiary/aromatic N) is 3. The lowest BCUT2D eigenvalue weighted by molar-refractivity contribution is 0.911. The zero-order valence-electron chi connectivity index (χ0n) is 8.29. The number of anilines is 2. The highest BCUT2D eigenvalue weighted by Gasteiger charge is 2.28. The maximum absolute atomic E-state index is 5.99. The molecule has 0 aromatic carbocycles. The predicted octanol–water partition coefficient (Wildman–Crippen LogP) is 1.66. The standard InChI is InChI=1S/C9H13ClN4/c1-14(2)9-6(10)7(11)12-8(13-9)5-3-4-5/h5H,3-4H2,1-2H3,(H2,11,12,13). The fraction of sp³-hybridized carbons (Fsp3) is 0.556. The first-order chi connectivity index (χ1) is 6.59. The van der Waals surface area contributed by atoms with Crippen LogP contribution in [0, 0.1) is 0 Å². The van der Waals surface area contributed by atoms with E-state index in [1.54, 1.807) is 0 Å². The number of aromatic nitrogens is 2. The summed E-state index contributed by atoms with van der Waals surface area (Å²) in [5.41, 5.74) is 5.72. The van der Waals surface area contributed by atoms with Crippen molar-refractivity contribution in [3.63, 3.8) is 0 Å². The highest BCUT2D eigenvalue weighted by Crippen LogP contribution is 2.40. The molecule has 2 N–H and O–H groups in total. The van der Waals surface area contributed by atoms with E-state index in [1.165, 1.54) is 0 Å². The third-order valence-electron chi connectivity index (χ3n) is 2.24. The van der Waals surface area contributed by atoms with Crippen LogP contribution in [-0.4, -0.2) is 24.1 Å². The van der Waals surface area contributed by atoms with E-state index < -0.39 is 0 Å². The van der Waals surface area contributed by atoms with Gasteiger partial charge in [-0.2, -0.15) is 0 Å². The molecule has 0 radical (unpaired) electrons. The second-order valence-electron chi connectivity index (χ2n) is 3.77. The van der Waals surface area contributed by atoms with Crippen LogP contribution >= 0.6 is 11.6 Å². The molecular weight excluding hydrogens is 200 g/mol. The van der Waals surface area contributed by atoms with Gasteiger partial charge in [-0.3, -0.25) is 0 Å². The molecule has 0 unspecified atom stereocenters. The van der Waals surface area contributed by atoms with Gasteiger partial charge in [0.1, 0.15) is 16.7 Å². The first kappa shape index (κ1) is 9.52. The zero-order chi connectivity index (χ0) is 10.3. The Morgan fingerprint density at radius 2 is 2.00 bits per heavy atom. The Hall–Kier alpha value is -1.03. The first-order valence-electron chi connectivity index (χ1n) is 4.60. The lowest BCUT2D eigenvalue weighted by Crippen LogP contribution is -2.14. The van der Waals surface area contributed by atoms with Gasteiger partial charge >= 0.3 is 0 Å². The van der Waals surface area contributed by atoms with Gasteiger partial charge in [0.2, 0.25) is 0 Å². The SMILES string of the molecule is CN(C)c1nc(C2CC2)nc(N)c1Cl. The zero-order valence-corrected chi connectivity index (χ0v) is 9.04. The molecule has 1 heterocycles. The molecule has 1 saturated carbocycles. The first-order valence-corrected chi connectivity index (χ1v) is 4.97. The van der Waals surface area contributed by atoms with Gasteiger partial charge in [0, 0.05) is 20.0 Å². The Morgan fingerprint density at radius 3 is 2.50 bits per heavy atom. The molecule has 1 aromatic rings. The van der Waals surface area contributed by atoms with Crippen molar-refractivity contribution in [3.8, 4) is 0 Å². The lowest BCUT2D eigenvalue weighted by Gasteiger charge is -2.14. The quantitative estimate of drug-likeness (QED) is 0.810. The number of rotatable bonds is 2. The molecule has 1 aliphatic carbocycles. The van der Waals surface area contributed by atoms with Crippen molar-refractivity contribution in [1.29, 1.82) is 0 Å². The van der Waals surface area contributed by atoms with Crippen LogP contribution in [0.3, 0.4) is 0 Å². The molecule has 0 spiro atoms. The Morgan fingerprint density at radius 1 is 1.36 bits per heavy atom. The van der Waals surface area contributed by atoms with E-state index in [2.05, 4.69) is 9.97 Å². The summed E-state index contributed by atoms with van der Waals surface area (Å²) in [6.07, 6.45) is 2.32. The van der Waals surface area contributed by atoms with Gasteiger partial charge in [-0.25, -0.2) is 9.97 Å². The molecule has 1 aromatic heterocycles. The summed E-state index contributed by atoms with van der Waals surface area (Å²) in [6, 6.07) is 0. The van der Waals surface area contributed by atoms with Gasteiger partial charge in [0.05, 0.1) is 0 Å². The van der Waals surface area contributed by atoms with Crippen LogP contribution < -0.4 is 10.6 Å². The summed E-state index contributed by atoms with van der Waals surface area (Å²) in [7, 11) is 3.79. The van der Waals surface area contributed by atoms with Crippen LogP contribution in [0.2, 0.25) is 5.02 Å². The summed E-state index contributed by atoms with van der Waals surface area (Å²) < 4.78 is 0. The molecule has 0 bridgehead atoms. The molecule has 1 aliphatic rings. The second kappa shape index (κ2) is 3.28. The topological polar surface area (TPSA) is 55.0 Å². The van der Waals surface area contributed by atoms with Gasteiger partial charge in [-0.1, -0.05) is 11.6 Å². The minimum atomic E-state index is 0.382. The van der Waals surface area contributed by atoms with E-state index in [0.29, 0.717) is 22.6 Å². The van der Waals surface area contributed by atoms with Crippen molar-refractivity contribution < 1.29 is 0 Å². The van der Waals surface area contributed by atoms with Crippen molar-refractivity contribution in [1.82, 2.24) is 9.97 Å². The molecule has 1 fully saturated rings. The number of hydrogen-bond acceptors (Lipinski definition) is 4. The van der Waals surface area contributed by atoms with Crippen LogP contribution in [0.15, 0.2) is 0 Å². The fourth-order valence-corrected chi connectivity index (χ4v) is 1.54. The molecular formula is C9H13ClN4. The van der Waals surface area contributed by atoms with Crippen LogP contribution in [0.5, 0.6) is 0 Å². The van der Waals surface area contributed by atoms with E-state index in [4.69, 9.17) is 17.3 Å². The van der Waals surface area contributed by atoms with E-state index in [0.717, 1.165) is 18.7 Å². The Bertz CT molecular complexity index is 360. The smallest absolute Gasteiger partial charge is 0.152 e. The Balaban J connectivity index is 2.46. The van der Waals surface area contributed by atoms with Crippen molar-refractivity contribution >= 4 is 23.2 Å². The van der Waals surface area contributed by atoms with E-state index in [9.17, 15) is 0 Å². The summed E-state index contributed by atoms with van der Waals surface area (Å²) in [5, 5.41) is 0.444. The number of halogens is 1. The maximum Gasteiger partial charge on any atom is 0.152 e. The minimum Gasteiger partial charge on any atom is -0.382 e. The molecule has 4 nitrogen and oxygen atoms in total. The molecule has 0 saturated heterocycles. The summed E-state index contributed by atoms with van der Waals surface area (Å²) >= 11 is 5.99. The molecule has 0 aliphatic heterocycles. The largest absolute Gasteiger partial charge is 0.382 e. The van der Waals surface area contributed by atoms with Gasteiger partial charge in [-0.15, -0.1) is 0 Å². The van der Waals surface area contributed by atoms with Crippen molar-refractivity contribution in [2.75, 3.05) is 24.7 Å². The Kier molecular flexibility index (Phi) is 2.23. The van der Waals surface area contributed by atoms with E-state index in [1.807, 2.05) is 19.0 Å². The van der Waals surface area contributed by atoms with Gasteiger partial charge in [0.25, 0.3) is 0 Å². The van der Waals surface area contributed by atoms with Gasteiger partial charge in [0.15, 0.2) is 5.82 Å². The van der Waals surface area contributed by atoms with Crippen molar-refractivity contribution in [2.45, 2.75) is 18.8 Å². The maximum atomic E-state index is 5.99. The molecule has 76 valence electrons. The number of hydrogen-bond donors (Lipinski definition) is 1. The average Bonchev–Trinajstić information content (AvgIpc) is 2.91. The lowest BCUT2D eigenvalue weighted by atomic mass is 10.3. The third-order valence-corrected chi connectivity index (χ3v) is 2.61. The number of nitrogens with two attached hydrogens (primary N) is 1. The summed E-state index contributed by atoms with van der Waals surface area (Å²) in [4.78, 5) is 10.4. The van der Waals surface area contributed by atoms with Crippen LogP contribution in [0.25, 0.3) is 0 Å². The van der Waals surface area contributed by atoms with E-state index >= 15 is 0 Å². The molecule has 2 rings (SSSR count). The normalized spacial score (nSPS) is 15.6. The molecule has 14 heavy (non-hydrogen) atoms. The highest BCUT2D eigenvalue weighted by molar-refractivity contribution is 6.35. The van der Waals surface area contributed by atoms with Gasteiger partial charge in [-0.05, 0) is 12.8 Å². The van der Waals surface area contributed by atoms with E-state index in [-0.39, 0.29) is 0 Å². The fourth-order valence-electron chi connectivity index (χ4n) is 1.29. The highest BCUT2D eigenvalue weighted by atomic mass is 35.5. The van der Waals surface area contributed by atoms with Crippen LogP contribution in [0.4, 0.5) is 11.6 Å². The second-order valence-corrected chi connectivity index (χ2v) is 4.15. The molecule has 5 heteroatoms. The van der Waals surface area contributed by atoms with Crippen molar-refractivity contribution in [3.05, 3.63) is 10.8 Å². The average molecular weight is 213 g/mol. The minimum absolute atomic E-state index is 0.382. The van der Waals surface area contributed by atoms with Gasteiger partial charge < -0.3 is 10.6 Å². The molecule has 0 amide bonds. The van der Waals surface area contributed by atoms with Crippen molar-refractivity contribution in [2.24, 2.45) is 0 Å². The monoisotopic (exact) mass is 212 g/mol.